The second kappa shape index (κ2) is 5.95. The minimum atomic E-state index is -0.615. The summed E-state index contributed by atoms with van der Waals surface area (Å²) >= 11 is 0. The van der Waals surface area contributed by atoms with Crippen LogP contribution in [-0.2, 0) is 6.42 Å². The number of amides is 1. The quantitative estimate of drug-likeness (QED) is 0.822. The highest BCUT2D eigenvalue weighted by atomic mass is 19.1. The minimum Gasteiger partial charge on any atom is -0.399 e. The van der Waals surface area contributed by atoms with E-state index in [1.165, 1.54) is 12.1 Å². The van der Waals surface area contributed by atoms with Gasteiger partial charge in [0.05, 0.1) is 5.56 Å². The number of carbonyl (C=O) groups excluding carboxylic acids is 1. The molecule has 0 aliphatic heterocycles. The Morgan fingerprint density at radius 1 is 1.32 bits per heavy atom. The predicted molar refractivity (Wildman–Crippen MR) is 71.1 cm³/mol. The van der Waals surface area contributed by atoms with Crippen LogP contribution in [0.4, 0.5) is 10.1 Å². The Morgan fingerprint density at radius 3 is 2.84 bits per heavy atom. The monoisotopic (exact) mass is 259 g/mol. The topological polar surface area (TPSA) is 68.0 Å². The normalized spacial score (nSPS) is 10.2. The Hall–Kier alpha value is -2.43. The van der Waals surface area contributed by atoms with Crippen LogP contribution in [0.2, 0.25) is 0 Å². The molecule has 0 aliphatic carbocycles. The van der Waals surface area contributed by atoms with Crippen molar-refractivity contribution in [3.8, 4) is 0 Å². The summed E-state index contributed by atoms with van der Waals surface area (Å²) in [5, 5.41) is 2.65. The largest absolute Gasteiger partial charge is 0.399 e. The van der Waals surface area contributed by atoms with Crippen molar-refractivity contribution in [3.63, 3.8) is 0 Å². The lowest BCUT2D eigenvalue weighted by Gasteiger charge is -2.06. The number of pyridine rings is 1. The van der Waals surface area contributed by atoms with Crippen LogP contribution in [0.15, 0.2) is 42.6 Å². The van der Waals surface area contributed by atoms with Crippen LogP contribution in [0, 0.1) is 5.82 Å². The molecule has 5 heteroatoms. The molecule has 1 aromatic carbocycles. The Morgan fingerprint density at radius 2 is 2.16 bits per heavy atom. The molecule has 4 nitrogen and oxygen atoms in total. The third kappa shape index (κ3) is 3.51. The van der Waals surface area contributed by atoms with Gasteiger partial charge < -0.3 is 11.1 Å². The summed E-state index contributed by atoms with van der Waals surface area (Å²) in [6, 6.07) is 9.58. The first-order valence-electron chi connectivity index (χ1n) is 5.90. The van der Waals surface area contributed by atoms with Crippen LogP contribution in [0.3, 0.4) is 0 Å². The number of nitrogen functional groups attached to an aromatic ring is 1. The number of benzene rings is 1. The molecule has 0 saturated carbocycles. The van der Waals surface area contributed by atoms with Gasteiger partial charge in [0.2, 0.25) is 0 Å². The van der Waals surface area contributed by atoms with Gasteiger partial charge in [-0.1, -0.05) is 6.07 Å². The molecule has 2 aromatic rings. The number of anilines is 1. The van der Waals surface area contributed by atoms with Gasteiger partial charge in [-0.25, -0.2) is 4.39 Å². The first-order valence-corrected chi connectivity index (χ1v) is 5.90. The fourth-order valence-electron chi connectivity index (χ4n) is 1.66. The zero-order valence-corrected chi connectivity index (χ0v) is 10.3. The SMILES string of the molecule is Nc1ccc(C(=O)NCCc2ccccn2)c(F)c1. The number of carbonyl (C=O) groups is 1. The van der Waals surface area contributed by atoms with Gasteiger partial charge in [0.25, 0.3) is 5.91 Å². The van der Waals surface area contributed by atoms with Crippen molar-refractivity contribution in [1.29, 1.82) is 0 Å². The lowest BCUT2D eigenvalue weighted by atomic mass is 10.1. The molecule has 0 aliphatic rings. The van der Waals surface area contributed by atoms with E-state index >= 15 is 0 Å². The van der Waals surface area contributed by atoms with Crippen molar-refractivity contribution < 1.29 is 9.18 Å². The number of halogens is 1. The summed E-state index contributed by atoms with van der Waals surface area (Å²) in [6.45, 7) is 0.402. The van der Waals surface area contributed by atoms with Gasteiger partial charge in [-0.05, 0) is 30.3 Å². The molecule has 98 valence electrons. The Labute approximate surface area is 110 Å². The summed E-state index contributed by atoms with van der Waals surface area (Å²) in [4.78, 5) is 15.9. The summed E-state index contributed by atoms with van der Waals surface area (Å²) in [7, 11) is 0. The highest BCUT2D eigenvalue weighted by Gasteiger charge is 2.11. The third-order valence-electron chi connectivity index (χ3n) is 2.63. The van der Waals surface area contributed by atoms with E-state index in [9.17, 15) is 9.18 Å². The summed E-state index contributed by atoms with van der Waals surface area (Å²) in [5.41, 5.74) is 6.59. The van der Waals surface area contributed by atoms with Crippen LogP contribution in [0.25, 0.3) is 0 Å². The van der Waals surface area contributed by atoms with Crippen molar-refractivity contribution in [3.05, 3.63) is 59.7 Å². The van der Waals surface area contributed by atoms with E-state index in [-0.39, 0.29) is 5.56 Å². The van der Waals surface area contributed by atoms with Gasteiger partial charge in [-0.2, -0.15) is 0 Å². The smallest absolute Gasteiger partial charge is 0.254 e. The molecular weight excluding hydrogens is 245 g/mol. The van der Waals surface area contributed by atoms with Crippen molar-refractivity contribution in [2.75, 3.05) is 12.3 Å². The van der Waals surface area contributed by atoms with E-state index in [1.807, 2.05) is 18.2 Å². The second-order valence-electron chi connectivity index (χ2n) is 4.07. The summed E-state index contributed by atoms with van der Waals surface area (Å²) in [6.07, 6.45) is 2.29. The summed E-state index contributed by atoms with van der Waals surface area (Å²) < 4.78 is 13.5. The fraction of sp³-hybridized carbons (Fsp3) is 0.143. The molecule has 1 heterocycles. The van der Waals surface area contributed by atoms with E-state index in [0.29, 0.717) is 18.7 Å². The average Bonchev–Trinajstić information content (AvgIpc) is 2.39. The maximum absolute atomic E-state index is 13.5. The molecule has 2 rings (SSSR count). The maximum atomic E-state index is 13.5. The Balaban J connectivity index is 1.91. The first-order chi connectivity index (χ1) is 9.16. The van der Waals surface area contributed by atoms with Crippen LogP contribution in [-0.4, -0.2) is 17.4 Å². The maximum Gasteiger partial charge on any atom is 0.254 e. The van der Waals surface area contributed by atoms with Crippen LogP contribution in [0.1, 0.15) is 16.1 Å². The van der Waals surface area contributed by atoms with Crippen molar-refractivity contribution in [2.24, 2.45) is 0 Å². The van der Waals surface area contributed by atoms with Gasteiger partial charge in [0, 0.05) is 30.5 Å². The van der Waals surface area contributed by atoms with Gasteiger partial charge in [0.1, 0.15) is 5.82 Å². The van der Waals surface area contributed by atoms with Crippen LogP contribution < -0.4 is 11.1 Å². The van der Waals surface area contributed by atoms with Crippen molar-refractivity contribution in [2.45, 2.75) is 6.42 Å². The minimum absolute atomic E-state index is 0.00443. The molecule has 0 unspecified atom stereocenters. The molecule has 1 aromatic heterocycles. The predicted octanol–water partition coefficient (Wildman–Crippen LogP) is 1.78. The molecule has 0 spiro atoms. The lowest BCUT2D eigenvalue weighted by molar-refractivity contribution is 0.0950. The third-order valence-corrected chi connectivity index (χ3v) is 2.63. The van der Waals surface area contributed by atoms with Crippen molar-refractivity contribution >= 4 is 11.6 Å². The second-order valence-corrected chi connectivity index (χ2v) is 4.07. The number of nitrogens with two attached hydrogens (primary N) is 1. The first kappa shape index (κ1) is 13.0. The van der Waals surface area contributed by atoms with E-state index in [2.05, 4.69) is 10.3 Å². The van der Waals surface area contributed by atoms with E-state index < -0.39 is 11.7 Å². The highest BCUT2D eigenvalue weighted by Crippen LogP contribution is 2.11. The number of nitrogens with one attached hydrogen (secondary N) is 1. The number of aromatic nitrogens is 1. The lowest BCUT2D eigenvalue weighted by Crippen LogP contribution is -2.26. The van der Waals surface area contributed by atoms with Gasteiger partial charge in [0.15, 0.2) is 0 Å². The molecule has 0 fully saturated rings. The molecule has 3 N–H and O–H groups in total. The average molecular weight is 259 g/mol. The van der Waals surface area contributed by atoms with Crippen molar-refractivity contribution in [1.82, 2.24) is 10.3 Å². The molecule has 0 saturated heterocycles. The zero-order chi connectivity index (χ0) is 13.7. The molecule has 0 atom stereocenters. The molecule has 0 radical (unpaired) electrons. The number of hydrogen-bond donors (Lipinski definition) is 2. The fourth-order valence-corrected chi connectivity index (χ4v) is 1.66. The van der Waals surface area contributed by atoms with E-state index in [1.54, 1.807) is 6.20 Å². The van der Waals surface area contributed by atoms with Gasteiger partial charge >= 0.3 is 0 Å². The van der Waals surface area contributed by atoms with Crippen LogP contribution >= 0.6 is 0 Å². The highest BCUT2D eigenvalue weighted by molar-refractivity contribution is 5.94. The van der Waals surface area contributed by atoms with Crippen LogP contribution in [0.5, 0.6) is 0 Å². The van der Waals surface area contributed by atoms with Gasteiger partial charge in [-0.15, -0.1) is 0 Å². The van der Waals surface area contributed by atoms with E-state index in [4.69, 9.17) is 5.73 Å². The summed E-state index contributed by atoms with van der Waals surface area (Å²) in [5.74, 6) is -1.07. The Bertz CT molecular complexity index is 572. The number of hydrogen-bond acceptors (Lipinski definition) is 3. The van der Waals surface area contributed by atoms with E-state index in [0.717, 1.165) is 11.8 Å². The number of rotatable bonds is 4. The van der Waals surface area contributed by atoms with Gasteiger partial charge in [-0.3, -0.25) is 9.78 Å². The molecular formula is C14H14FN3O. The molecule has 0 bridgehead atoms. The molecule has 1 amide bonds. The number of nitrogens with zero attached hydrogens (tertiary/aromatic N) is 1. The standard InChI is InChI=1S/C14H14FN3O/c15-13-9-10(16)4-5-12(13)14(19)18-8-6-11-3-1-2-7-17-11/h1-5,7,9H,6,8,16H2,(H,18,19). The Kier molecular flexibility index (Phi) is 4.07. The zero-order valence-electron chi connectivity index (χ0n) is 10.3. The molecule has 19 heavy (non-hydrogen) atoms.